The van der Waals surface area contributed by atoms with Crippen LogP contribution in [0.4, 0.5) is 5.82 Å². The second-order valence-electron chi connectivity index (χ2n) is 5.00. The summed E-state index contributed by atoms with van der Waals surface area (Å²) in [6, 6.07) is 3.79. The Kier molecular flexibility index (Phi) is 7.84. The molecule has 1 heterocycles. The smallest absolute Gasteiger partial charge is 0.239 e. The van der Waals surface area contributed by atoms with E-state index in [-0.39, 0.29) is 5.91 Å². The van der Waals surface area contributed by atoms with Crippen LogP contribution in [0.1, 0.15) is 25.3 Å². The maximum absolute atomic E-state index is 12.0. The van der Waals surface area contributed by atoms with Gasteiger partial charge in [0.1, 0.15) is 5.82 Å². The lowest BCUT2D eigenvalue weighted by molar-refractivity contribution is -0.117. The molecule has 0 aromatic carbocycles. The van der Waals surface area contributed by atoms with Crippen LogP contribution >= 0.6 is 0 Å². The van der Waals surface area contributed by atoms with Crippen molar-refractivity contribution in [1.82, 2.24) is 15.2 Å². The number of pyridine rings is 1. The third-order valence-electron chi connectivity index (χ3n) is 2.99. The van der Waals surface area contributed by atoms with Gasteiger partial charge in [-0.3, -0.25) is 9.69 Å². The van der Waals surface area contributed by atoms with Gasteiger partial charge in [0, 0.05) is 6.20 Å². The number of nitrogens with zero attached hydrogens (tertiary/aromatic N) is 2. The van der Waals surface area contributed by atoms with E-state index < -0.39 is 0 Å². The number of nitrogens with one attached hydrogen (secondary N) is 2. The second-order valence-corrected chi connectivity index (χ2v) is 5.00. The fraction of sp³-hybridized carbons (Fsp3) is 0.600. The number of carbonyl (C=O) groups is 1. The van der Waals surface area contributed by atoms with E-state index >= 15 is 0 Å². The Bertz CT molecular complexity index is 409. The molecule has 20 heavy (non-hydrogen) atoms. The van der Waals surface area contributed by atoms with Crippen molar-refractivity contribution in [1.29, 1.82) is 0 Å². The quantitative estimate of drug-likeness (QED) is 0.674. The Hall–Kier alpha value is -1.46. The van der Waals surface area contributed by atoms with Gasteiger partial charge in [-0.25, -0.2) is 4.98 Å². The van der Waals surface area contributed by atoms with Crippen LogP contribution in [0, 0.1) is 6.92 Å². The highest BCUT2D eigenvalue weighted by Crippen LogP contribution is 2.05. The third kappa shape index (κ3) is 6.63. The van der Waals surface area contributed by atoms with Crippen LogP contribution in [0.25, 0.3) is 0 Å². The molecule has 112 valence electrons. The normalized spacial score (nSPS) is 10.8. The van der Waals surface area contributed by atoms with Crippen LogP contribution in [0.15, 0.2) is 18.3 Å². The fourth-order valence-corrected chi connectivity index (χ4v) is 2.06. The van der Waals surface area contributed by atoms with E-state index in [0.29, 0.717) is 12.4 Å². The molecule has 0 atom stereocenters. The second kappa shape index (κ2) is 9.44. The molecule has 0 saturated carbocycles. The molecular formula is C15H26N4O. The Morgan fingerprint density at radius 2 is 2.20 bits per heavy atom. The fourth-order valence-electron chi connectivity index (χ4n) is 2.06. The zero-order valence-corrected chi connectivity index (χ0v) is 12.8. The first-order chi connectivity index (χ1) is 9.65. The highest BCUT2D eigenvalue weighted by Gasteiger charge is 2.10. The van der Waals surface area contributed by atoms with E-state index in [1.165, 1.54) is 0 Å². The lowest BCUT2D eigenvalue weighted by atomic mass is 10.3. The average molecular weight is 278 g/mol. The summed E-state index contributed by atoms with van der Waals surface area (Å²) in [7, 11) is 1.94. The summed E-state index contributed by atoms with van der Waals surface area (Å²) in [6.45, 7) is 7.39. The molecule has 1 amide bonds. The molecule has 0 aliphatic rings. The van der Waals surface area contributed by atoms with E-state index in [4.69, 9.17) is 0 Å². The molecule has 0 spiro atoms. The van der Waals surface area contributed by atoms with Crippen molar-refractivity contribution in [2.75, 3.05) is 38.5 Å². The van der Waals surface area contributed by atoms with E-state index in [1.54, 1.807) is 6.20 Å². The Labute approximate surface area is 121 Å². The van der Waals surface area contributed by atoms with Crippen molar-refractivity contribution in [2.45, 2.75) is 26.7 Å². The number of hydrogen-bond acceptors (Lipinski definition) is 4. The molecule has 0 bridgehead atoms. The molecular weight excluding hydrogens is 252 g/mol. The highest BCUT2D eigenvalue weighted by atomic mass is 16.2. The van der Waals surface area contributed by atoms with Gasteiger partial charge in [0.05, 0.1) is 6.54 Å². The van der Waals surface area contributed by atoms with Gasteiger partial charge in [-0.2, -0.15) is 0 Å². The van der Waals surface area contributed by atoms with Gasteiger partial charge in [-0.1, -0.05) is 6.92 Å². The summed E-state index contributed by atoms with van der Waals surface area (Å²) in [4.78, 5) is 18.4. The topological polar surface area (TPSA) is 57.3 Å². The predicted octanol–water partition coefficient (Wildman–Crippen LogP) is 1.65. The summed E-state index contributed by atoms with van der Waals surface area (Å²) in [5, 5.41) is 5.98. The number of aromatic nitrogens is 1. The van der Waals surface area contributed by atoms with Crippen molar-refractivity contribution < 1.29 is 4.79 Å². The van der Waals surface area contributed by atoms with Crippen molar-refractivity contribution in [3.05, 3.63) is 23.9 Å². The van der Waals surface area contributed by atoms with Gasteiger partial charge in [0.2, 0.25) is 5.91 Å². The maximum atomic E-state index is 12.0. The summed E-state index contributed by atoms with van der Waals surface area (Å²) in [6.07, 6.45) is 3.81. The molecule has 5 heteroatoms. The summed E-state index contributed by atoms with van der Waals surface area (Å²) < 4.78 is 0. The Balaban J connectivity index is 2.44. The van der Waals surface area contributed by atoms with Crippen LogP contribution in [0.2, 0.25) is 0 Å². The minimum atomic E-state index is 0.000933. The lowest BCUT2D eigenvalue weighted by Crippen LogP contribution is -2.35. The van der Waals surface area contributed by atoms with Crippen LogP contribution in [0.3, 0.4) is 0 Å². The van der Waals surface area contributed by atoms with E-state index in [0.717, 1.165) is 38.0 Å². The van der Waals surface area contributed by atoms with Crippen LogP contribution in [-0.2, 0) is 4.79 Å². The predicted molar refractivity (Wildman–Crippen MR) is 82.9 cm³/mol. The van der Waals surface area contributed by atoms with Crippen molar-refractivity contribution in [3.8, 4) is 0 Å². The number of anilines is 1. The van der Waals surface area contributed by atoms with Gasteiger partial charge >= 0.3 is 0 Å². The standard InChI is InChI=1S/C15H26N4O/c1-4-9-19(10-5-7-16-3)12-15(20)18-14-11-13(2)6-8-17-14/h6,8,11,16H,4-5,7,9-10,12H2,1-3H3,(H,17,18,20). The molecule has 1 aromatic heterocycles. The molecule has 5 nitrogen and oxygen atoms in total. The zero-order valence-electron chi connectivity index (χ0n) is 12.8. The first-order valence-corrected chi connectivity index (χ1v) is 7.25. The lowest BCUT2D eigenvalue weighted by Gasteiger charge is -2.20. The number of aryl methyl sites for hydroxylation is 1. The third-order valence-corrected chi connectivity index (χ3v) is 2.99. The van der Waals surface area contributed by atoms with Gasteiger partial charge in [0.25, 0.3) is 0 Å². The minimum Gasteiger partial charge on any atom is -0.320 e. The molecule has 1 aromatic rings. The van der Waals surface area contributed by atoms with Crippen LogP contribution in [-0.4, -0.2) is 49.0 Å². The Morgan fingerprint density at radius 3 is 2.85 bits per heavy atom. The molecule has 0 fully saturated rings. The molecule has 0 radical (unpaired) electrons. The van der Waals surface area contributed by atoms with E-state index in [2.05, 4.69) is 27.4 Å². The van der Waals surface area contributed by atoms with Crippen molar-refractivity contribution in [3.63, 3.8) is 0 Å². The van der Waals surface area contributed by atoms with Crippen molar-refractivity contribution >= 4 is 11.7 Å². The van der Waals surface area contributed by atoms with E-state index in [9.17, 15) is 4.79 Å². The van der Waals surface area contributed by atoms with Crippen LogP contribution < -0.4 is 10.6 Å². The number of hydrogen-bond donors (Lipinski definition) is 2. The van der Waals surface area contributed by atoms with Crippen LogP contribution in [0.5, 0.6) is 0 Å². The summed E-state index contributed by atoms with van der Waals surface area (Å²) in [5.74, 6) is 0.627. The molecule has 1 rings (SSSR count). The molecule has 0 unspecified atom stereocenters. The Morgan fingerprint density at radius 1 is 1.40 bits per heavy atom. The molecule has 0 saturated heterocycles. The van der Waals surface area contributed by atoms with Gasteiger partial charge in [-0.05, 0) is 64.1 Å². The molecule has 0 aliphatic carbocycles. The van der Waals surface area contributed by atoms with Gasteiger partial charge < -0.3 is 10.6 Å². The SMILES string of the molecule is CCCN(CCCNC)CC(=O)Nc1cc(C)ccn1. The average Bonchev–Trinajstić information content (AvgIpc) is 2.39. The molecule has 0 aliphatic heterocycles. The van der Waals surface area contributed by atoms with Crippen molar-refractivity contribution in [2.24, 2.45) is 0 Å². The van der Waals surface area contributed by atoms with Gasteiger partial charge in [-0.15, -0.1) is 0 Å². The van der Waals surface area contributed by atoms with E-state index in [1.807, 2.05) is 26.1 Å². The first kappa shape index (κ1) is 16.6. The van der Waals surface area contributed by atoms with Gasteiger partial charge in [0.15, 0.2) is 0 Å². The first-order valence-electron chi connectivity index (χ1n) is 7.25. The maximum Gasteiger partial charge on any atom is 0.239 e. The number of rotatable bonds is 9. The highest BCUT2D eigenvalue weighted by molar-refractivity contribution is 5.91. The largest absolute Gasteiger partial charge is 0.320 e. The number of carbonyl (C=O) groups excluding carboxylic acids is 1. The minimum absolute atomic E-state index is 0.000933. The summed E-state index contributed by atoms with van der Waals surface area (Å²) in [5.41, 5.74) is 1.09. The summed E-state index contributed by atoms with van der Waals surface area (Å²) >= 11 is 0. The molecule has 2 N–H and O–H groups in total. The monoisotopic (exact) mass is 278 g/mol. The number of amides is 1. The zero-order chi connectivity index (χ0) is 14.8.